The van der Waals surface area contributed by atoms with Crippen molar-refractivity contribution in [2.75, 3.05) is 32.8 Å². The van der Waals surface area contributed by atoms with E-state index in [2.05, 4.69) is 40.8 Å². The predicted octanol–water partition coefficient (Wildman–Crippen LogP) is 5.27. The number of hydrogen-bond donors (Lipinski definition) is 1. The molecule has 1 atom stereocenters. The number of rotatable bonds is 7. The number of halogens is 1. The quantitative estimate of drug-likeness (QED) is 0.468. The van der Waals surface area contributed by atoms with Crippen molar-refractivity contribution in [1.82, 2.24) is 19.8 Å². The van der Waals surface area contributed by atoms with E-state index < -0.39 is 0 Å². The molecule has 3 heterocycles. The van der Waals surface area contributed by atoms with E-state index in [-0.39, 0.29) is 11.8 Å². The highest BCUT2D eigenvalue weighted by molar-refractivity contribution is 6.32. The first-order chi connectivity index (χ1) is 17.5. The fourth-order valence-electron chi connectivity index (χ4n) is 5.33. The summed E-state index contributed by atoms with van der Waals surface area (Å²) < 4.78 is 11.7. The molecule has 1 amide bonds. The first-order valence-electron chi connectivity index (χ1n) is 13.0. The number of imidazole rings is 1. The van der Waals surface area contributed by atoms with Gasteiger partial charge in [-0.25, -0.2) is 4.98 Å². The van der Waals surface area contributed by atoms with Gasteiger partial charge in [0.05, 0.1) is 41.5 Å². The third-order valence-electron chi connectivity index (χ3n) is 6.92. The Kier molecular flexibility index (Phi) is 7.67. The van der Waals surface area contributed by atoms with E-state index >= 15 is 0 Å². The lowest BCUT2D eigenvalue weighted by molar-refractivity contribution is -0.138. The number of piperidine rings is 1. The number of aromatic amines is 1. The van der Waals surface area contributed by atoms with Crippen molar-refractivity contribution < 1.29 is 14.3 Å². The van der Waals surface area contributed by atoms with E-state index in [1.165, 1.54) is 5.56 Å². The van der Waals surface area contributed by atoms with Crippen LogP contribution >= 0.6 is 11.6 Å². The summed E-state index contributed by atoms with van der Waals surface area (Å²) in [5.74, 6) is 1.84. The Balaban J connectivity index is 1.30. The molecule has 192 valence electrons. The van der Waals surface area contributed by atoms with Crippen LogP contribution in [0, 0.1) is 11.8 Å². The van der Waals surface area contributed by atoms with Crippen molar-refractivity contribution in [3.05, 3.63) is 52.8 Å². The van der Waals surface area contributed by atoms with Crippen molar-refractivity contribution >= 4 is 28.5 Å². The molecule has 2 aromatic carbocycles. The first kappa shape index (κ1) is 24.9. The zero-order valence-corrected chi connectivity index (χ0v) is 21.9. The van der Waals surface area contributed by atoms with Gasteiger partial charge in [-0.15, -0.1) is 0 Å². The maximum atomic E-state index is 13.8. The van der Waals surface area contributed by atoms with Crippen LogP contribution in [-0.2, 0) is 17.9 Å². The summed E-state index contributed by atoms with van der Waals surface area (Å²) in [5, 5.41) is 0.540. The van der Waals surface area contributed by atoms with Gasteiger partial charge in [-0.2, -0.15) is 0 Å². The number of para-hydroxylation sites is 1. The number of hydrogen-bond acceptors (Lipinski definition) is 5. The minimum Gasteiger partial charge on any atom is -0.489 e. The highest BCUT2D eigenvalue weighted by Crippen LogP contribution is 2.38. The molecule has 0 radical (unpaired) electrons. The molecule has 1 fully saturated rings. The van der Waals surface area contributed by atoms with Crippen LogP contribution < -0.4 is 9.47 Å². The minimum atomic E-state index is -0.0191. The van der Waals surface area contributed by atoms with Gasteiger partial charge in [0, 0.05) is 32.6 Å². The zero-order chi connectivity index (χ0) is 25.1. The van der Waals surface area contributed by atoms with Crippen LogP contribution in [0.5, 0.6) is 11.5 Å². The van der Waals surface area contributed by atoms with E-state index in [9.17, 15) is 4.79 Å². The highest BCUT2D eigenvalue weighted by Gasteiger charge is 2.30. The summed E-state index contributed by atoms with van der Waals surface area (Å²) >= 11 is 6.54. The molecule has 5 rings (SSSR count). The van der Waals surface area contributed by atoms with Crippen LogP contribution in [-0.4, -0.2) is 58.5 Å². The number of nitrogens with one attached hydrogen (secondary N) is 1. The van der Waals surface area contributed by atoms with E-state index in [4.69, 9.17) is 21.1 Å². The standard InChI is InChI=1S/C28H35ClN4O3/c1-19(2)14-33(15-20-12-23(29)27-25(13-20)35-10-5-11-36-27)28(34)22-7-4-9-32(17-22)16-21-6-3-8-24-26(21)31-18-30-24/h3,6,8,12-13,18-19,22H,4-5,7,9-11,14-17H2,1-2H3,(H,30,31)/t22-/m1/s1. The topological polar surface area (TPSA) is 70.7 Å². The number of carbonyl (C=O) groups excluding carboxylic acids is 1. The van der Waals surface area contributed by atoms with Crippen LogP contribution in [0.15, 0.2) is 36.7 Å². The lowest BCUT2D eigenvalue weighted by atomic mass is 9.95. The molecule has 8 heteroatoms. The number of amides is 1. The Morgan fingerprint density at radius 1 is 1.25 bits per heavy atom. The largest absolute Gasteiger partial charge is 0.489 e. The Morgan fingerprint density at radius 2 is 2.11 bits per heavy atom. The molecule has 1 saturated heterocycles. The monoisotopic (exact) mass is 510 g/mol. The van der Waals surface area contributed by atoms with Crippen molar-refractivity contribution in [2.45, 2.75) is 46.2 Å². The lowest BCUT2D eigenvalue weighted by Crippen LogP contribution is -2.45. The van der Waals surface area contributed by atoms with Crippen LogP contribution in [0.1, 0.15) is 44.2 Å². The summed E-state index contributed by atoms with van der Waals surface area (Å²) in [6, 6.07) is 10.1. The van der Waals surface area contributed by atoms with E-state index in [1.54, 1.807) is 6.33 Å². The molecule has 2 aliphatic heterocycles. The fourth-order valence-corrected chi connectivity index (χ4v) is 5.62. The second-order valence-electron chi connectivity index (χ2n) is 10.4. The number of aromatic nitrogens is 2. The highest BCUT2D eigenvalue weighted by atomic mass is 35.5. The van der Waals surface area contributed by atoms with Crippen LogP contribution in [0.3, 0.4) is 0 Å². The second-order valence-corrected chi connectivity index (χ2v) is 10.8. The van der Waals surface area contributed by atoms with Gasteiger partial charge in [0.1, 0.15) is 0 Å². The molecular weight excluding hydrogens is 476 g/mol. The molecule has 1 N–H and O–H groups in total. The van der Waals surface area contributed by atoms with Crippen molar-refractivity contribution in [1.29, 1.82) is 0 Å². The predicted molar refractivity (Wildman–Crippen MR) is 141 cm³/mol. The Bertz CT molecular complexity index is 1210. The molecule has 2 aliphatic rings. The minimum absolute atomic E-state index is 0.0191. The van der Waals surface area contributed by atoms with Gasteiger partial charge in [0.25, 0.3) is 0 Å². The molecule has 7 nitrogen and oxygen atoms in total. The zero-order valence-electron chi connectivity index (χ0n) is 21.1. The molecule has 0 spiro atoms. The van der Waals surface area contributed by atoms with Crippen LogP contribution in [0.4, 0.5) is 0 Å². The van der Waals surface area contributed by atoms with Gasteiger partial charge in [0.2, 0.25) is 5.91 Å². The number of carbonyl (C=O) groups is 1. The summed E-state index contributed by atoms with van der Waals surface area (Å²) in [5.41, 5.74) is 4.25. The lowest BCUT2D eigenvalue weighted by Gasteiger charge is -2.35. The molecule has 0 bridgehead atoms. The Hall–Kier alpha value is -2.77. The molecule has 0 aliphatic carbocycles. The summed E-state index contributed by atoms with van der Waals surface area (Å²) in [4.78, 5) is 25.9. The molecule has 36 heavy (non-hydrogen) atoms. The van der Waals surface area contributed by atoms with E-state index in [0.717, 1.165) is 55.5 Å². The average molecular weight is 511 g/mol. The molecule has 0 unspecified atom stereocenters. The number of ether oxygens (including phenoxy) is 2. The van der Waals surface area contributed by atoms with Crippen molar-refractivity contribution in [3.63, 3.8) is 0 Å². The maximum absolute atomic E-state index is 13.8. The third kappa shape index (κ3) is 5.62. The smallest absolute Gasteiger partial charge is 0.227 e. The maximum Gasteiger partial charge on any atom is 0.227 e. The Labute approximate surface area is 217 Å². The Morgan fingerprint density at radius 3 is 2.97 bits per heavy atom. The van der Waals surface area contributed by atoms with Gasteiger partial charge in [0.15, 0.2) is 11.5 Å². The summed E-state index contributed by atoms with van der Waals surface area (Å²) in [7, 11) is 0. The SMILES string of the molecule is CC(C)CN(Cc1cc(Cl)c2c(c1)OCCCO2)C(=O)[C@@H]1CCCN(Cc2cccc3nc[nH]c23)C1. The van der Waals surface area contributed by atoms with Crippen LogP contribution in [0.2, 0.25) is 5.02 Å². The molecule has 1 aromatic heterocycles. The number of H-pyrrole nitrogens is 1. The second kappa shape index (κ2) is 11.1. The normalized spacial score (nSPS) is 18.4. The van der Waals surface area contributed by atoms with Gasteiger partial charge in [-0.1, -0.05) is 37.6 Å². The number of likely N-dealkylation sites (tertiary alicyclic amines) is 1. The fraction of sp³-hybridized carbons (Fsp3) is 0.500. The van der Waals surface area contributed by atoms with Gasteiger partial charge >= 0.3 is 0 Å². The van der Waals surface area contributed by atoms with Gasteiger partial charge < -0.3 is 19.4 Å². The van der Waals surface area contributed by atoms with E-state index in [1.807, 2.05) is 23.1 Å². The molecule has 3 aromatic rings. The number of benzene rings is 2. The summed E-state index contributed by atoms with van der Waals surface area (Å²) in [6.45, 7) is 9.29. The first-order valence-corrected chi connectivity index (χ1v) is 13.4. The molecule has 0 saturated carbocycles. The van der Waals surface area contributed by atoms with Crippen molar-refractivity contribution in [3.8, 4) is 11.5 Å². The third-order valence-corrected chi connectivity index (χ3v) is 7.20. The molecular formula is C28H35ClN4O3. The number of fused-ring (bicyclic) bond motifs is 2. The van der Waals surface area contributed by atoms with Crippen molar-refractivity contribution in [2.24, 2.45) is 11.8 Å². The average Bonchev–Trinajstić information content (AvgIpc) is 3.22. The number of nitrogens with zero attached hydrogens (tertiary/aromatic N) is 3. The van der Waals surface area contributed by atoms with Gasteiger partial charge in [-0.3, -0.25) is 9.69 Å². The van der Waals surface area contributed by atoms with Gasteiger partial charge in [-0.05, 0) is 54.6 Å². The van der Waals surface area contributed by atoms with E-state index in [0.29, 0.717) is 48.7 Å². The summed E-state index contributed by atoms with van der Waals surface area (Å²) in [6.07, 6.45) is 4.50. The van der Waals surface area contributed by atoms with Crippen LogP contribution in [0.25, 0.3) is 11.0 Å².